The van der Waals surface area contributed by atoms with E-state index in [-0.39, 0.29) is 5.69 Å². The predicted octanol–water partition coefficient (Wildman–Crippen LogP) is -0.391. The van der Waals surface area contributed by atoms with Crippen molar-refractivity contribution >= 4 is 11.6 Å². The van der Waals surface area contributed by atoms with E-state index in [9.17, 15) is 14.4 Å². The van der Waals surface area contributed by atoms with Crippen LogP contribution in [0.15, 0.2) is 34.1 Å². The van der Waals surface area contributed by atoms with Gasteiger partial charge in [-0.1, -0.05) is 0 Å². The van der Waals surface area contributed by atoms with Gasteiger partial charge in [-0.25, -0.2) is 4.79 Å². The van der Waals surface area contributed by atoms with Gasteiger partial charge in [0.25, 0.3) is 11.5 Å². The zero-order valence-electron chi connectivity index (χ0n) is 11.4. The Kier molecular flexibility index (Phi) is 4.50. The third-order valence-corrected chi connectivity index (χ3v) is 2.75. The Morgan fingerprint density at radius 2 is 2.10 bits per heavy atom. The largest absolute Gasteiger partial charge is 0.383 e. The highest BCUT2D eigenvalue weighted by Gasteiger charge is 2.07. The van der Waals surface area contributed by atoms with Crippen molar-refractivity contribution in [3.05, 3.63) is 56.6 Å². The molecule has 8 nitrogen and oxygen atoms in total. The van der Waals surface area contributed by atoms with Crippen LogP contribution in [0, 0.1) is 6.92 Å². The highest BCUT2D eigenvalue weighted by molar-refractivity contribution is 5.92. The normalized spacial score (nSPS) is 10.1. The first-order chi connectivity index (χ1) is 10.1. The summed E-state index contributed by atoms with van der Waals surface area (Å²) in [6.07, 6.45) is 3.41. The number of aryl methyl sites for hydroxylation is 1. The second-order valence-electron chi connectivity index (χ2n) is 4.37. The quantitative estimate of drug-likeness (QED) is 0.559. The van der Waals surface area contributed by atoms with Gasteiger partial charge in [0.05, 0.1) is 0 Å². The molecule has 0 aromatic carbocycles. The number of hydrogen-bond acceptors (Lipinski definition) is 5. The lowest BCUT2D eigenvalue weighted by Crippen LogP contribution is -2.33. The van der Waals surface area contributed by atoms with Crippen LogP contribution in [-0.4, -0.2) is 33.9 Å². The van der Waals surface area contributed by atoms with E-state index in [1.54, 1.807) is 12.4 Å². The van der Waals surface area contributed by atoms with E-state index < -0.39 is 17.2 Å². The lowest BCUT2D eigenvalue weighted by molar-refractivity contribution is 0.0949. The molecule has 0 bridgehead atoms. The van der Waals surface area contributed by atoms with Crippen molar-refractivity contribution in [2.45, 2.75) is 6.92 Å². The van der Waals surface area contributed by atoms with Crippen molar-refractivity contribution < 1.29 is 4.79 Å². The summed E-state index contributed by atoms with van der Waals surface area (Å²) in [6.45, 7) is 2.77. The molecule has 0 saturated heterocycles. The molecule has 0 radical (unpaired) electrons. The third kappa shape index (κ3) is 4.03. The summed E-state index contributed by atoms with van der Waals surface area (Å²) in [5, 5.41) is 5.75. The first kappa shape index (κ1) is 14.5. The second kappa shape index (κ2) is 6.51. The summed E-state index contributed by atoms with van der Waals surface area (Å²) in [4.78, 5) is 42.1. The molecule has 2 heterocycles. The van der Waals surface area contributed by atoms with Crippen LogP contribution in [0.1, 0.15) is 16.1 Å². The van der Waals surface area contributed by atoms with Gasteiger partial charge in [0, 0.05) is 37.2 Å². The zero-order chi connectivity index (χ0) is 15.2. The Morgan fingerprint density at radius 1 is 1.29 bits per heavy atom. The maximum absolute atomic E-state index is 11.8. The molecule has 1 amide bonds. The highest BCUT2D eigenvalue weighted by Crippen LogP contribution is 2.10. The average molecular weight is 289 g/mol. The zero-order valence-corrected chi connectivity index (χ0v) is 11.4. The first-order valence-corrected chi connectivity index (χ1v) is 6.32. The average Bonchev–Trinajstić information content (AvgIpc) is 2.44. The van der Waals surface area contributed by atoms with Gasteiger partial charge in [-0.2, -0.15) is 0 Å². The Hall–Kier alpha value is -2.90. The SMILES string of the molecule is Cc1cnccc1NCCNC(=O)c1cc(=O)[nH]c(=O)[nH]1. The Bertz CT molecular complexity index is 721. The molecule has 0 spiro atoms. The van der Waals surface area contributed by atoms with Crippen LogP contribution in [0.5, 0.6) is 0 Å². The molecule has 2 rings (SSSR count). The van der Waals surface area contributed by atoms with Gasteiger partial charge >= 0.3 is 5.69 Å². The van der Waals surface area contributed by atoms with Crippen molar-refractivity contribution in [2.24, 2.45) is 0 Å². The number of pyridine rings is 1. The number of H-pyrrole nitrogens is 2. The van der Waals surface area contributed by atoms with E-state index in [2.05, 4.69) is 20.6 Å². The Labute approximate surface area is 119 Å². The summed E-state index contributed by atoms with van der Waals surface area (Å²) in [5.41, 5.74) is 0.544. The molecule has 4 N–H and O–H groups in total. The van der Waals surface area contributed by atoms with Crippen molar-refractivity contribution in [1.82, 2.24) is 20.3 Å². The molecule has 0 fully saturated rings. The number of hydrogen-bond donors (Lipinski definition) is 4. The van der Waals surface area contributed by atoms with E-state index in [1.165, 1.54) is 0 Å². The minimum absolute atomic E-state index is 0.0659. The molecule has 2 aromatic heterocycles. The number of anilines is 1. The molecular formula is C13H15N5O3. The van der Waals surface area contributed by atoms with Gasteiger partial charge in [-0.05, 0) is 18.6 Å². The van der Waals surface area contributed by atoms with Gasteiger partial charge < -0.3 is 15.6 Å². The van der Waals surface area contributed by atoms with Crippen molar-refractivity contribution in [2.75, 3.05) is 18.4 Å². The summed E-state index contributed by atoms with van der Waals surface area (Å²) in [7, 11) is 0. The predicted molar refractivity (Wildman–Crippen MR) is 77.5 cm³/mol. The van der Waals surface area contributed by atoms with Crippen LogP contribution in [0.3, 0.4) is 0 Å². The van der Waals surface area contributed by atoms with Crippen LogP contribution in [0.2, 0.25) is 0 Å². The fraction of sp³-hybridized carbons (Fsp3) is 0.231. The minimum Gasteiger partial charge on any atom is -0.383 e. The van der Waals surface area contributed by atoms with Gasteiger partial charge in [0.2, 0.25) is 0 Å². The molecule has 0 atom stereocenters. The number of rotatable bonds is 5. The summed E-state index contributed by atoms with van der Waals surface area (Å²) < 4.78 is 0. The Morgan fingerprint density at radius 3 is 2.81 bits per heavy atom. The molecule has 0 aliphatic heterocycles. The van der Waals surface area contributed by atoms with Crippen LogP contribution in [0.4, 0.5) is 5.69 Å². The van der Waals surface area contributed by atoms with Crippen LogP contribution in [0.25, 0.3) is 0 Å². The third-order valence-electron chi connectivity index (χ3n) is 2.75. The van der Waals surface area contributed by atoms with Crippen LogP contribution < -0.4 is 21.9 Å². The summed E-state index contributed by atoms with van der Waals surface area (Å²) in [5.74, 6) is -0.508. The number of aromatic amines is 2. The van der Waals surface area contributed by atoms with Crippen molar-refractivity contribution in [3.63, 3.8) is 0 Å². The molecule has 2 aromatic rings. The van der Waals surface area contributed by atoms with Gasteiger partial charge in [-0.3, -0.25) is 19.6 Å². The summed E-state index contributed by atoms with van der Waals surface area (Å²) >= 11 is 0. The molecule has 0 aliphatic carbocycles. The summed E-state index contributed by atoms with van der Waals surface area (Å²) in [6, 6.07) is 2.88. The molecule has 0 unspecified atom stereocenters. The van der Waals surface area contributed by atoms with E-state index >= 15 is 0 Å². The number of aromatic nitrogens is 3. The highest BCUT2D eigenvalue weighted by atomic mass is 16.2. The molecule has 0 saturated carbocycles. The topological polar surface area (TPSA) is 120 Å². The van der Waals surface area contributed by atoms with Gasteiger partial charge in [0.1, 0.15) is 5.69 Å². The lowest BCUT2D eigenvalue weighted by atomic mass is 10.2. The number of amides is 1. The van der Waals surface area contributed by atoms with Crippen LogP contribution in [-0.2, 0) is 0 Å². The smallest absolute Gasteiger partial charge is 0.326 e. The fourth-order valence-corrected chi connectivity index (χ4v) is 1.73. The fourth-order valence-electron chi connectivity index (χ4n) is 1.73. The second-order valence-corrected chi connectivity index (χ2v) is 4.37. The monoisotopic (exact) mass is 289 g/mol. The first-order valence-electron chi connectivity index (χ1n) is 6.32. The lowest BCUT2D eigenvalue weighted by Gasteiger charge is -2.09. The van der Waals surface area contributed by atoms with Gasteiger partial charge in [0.15, 0.2) is 0 Å². The molecule has 21 heavy (non-hydrogen) atoms. The maximum Gasteiger partial charge on any atom is 0.326 e. The minimum atomic E-state index is -0.710. The van der Waals surface area contributed by atoms with Gasteiger partial charge in [-0.15, -0.1) is 0 Å². The van der Waals surface area contributed by atoms with E-state index in [1.807, 2.05) is 18.0 Å². The molecule has 0 aliphatic rings. The number of carbonyl (C=O) groups excluding carboxylic acids is 1. The van der Waals surface area contributed by atoms with E-state index in [4.69, 9.17) is 0 Å². The maximum atomic E-state index is 11.8. The van der Waals surface area contributed by atoms with Crippen LogP contribution >= 0.6 is 0 Å². The number of carbonyl (C=O) groups is 1. The molecular weight excluding hydrogens is 274 g/mol. The Balaban J connectivity index is 1.86. The molecule has 110 valence electrons. The van der Waals surface area contributed by atoms with E-state index in [0.29, 0.717) is 13.1 Å². The molecule has 8 heteroatoms. The van der Waals surface area contributed by atoms with Crippen molar-refractivity contribution in [3.8, 4) is 0 Å². The van der Waals surface area contributed by atoms with Crippen molar-refractivity contribution in [1.29, 1.82) is 0 Å². The number of nitrogens with zero attached hydrogens (tertiary/aromatic N) is 1. The van der Waals surface area contributed by atoms with E-state index in [0.717, 1.165) is 17.3 Å². The number of nitrogens with one attached hydrogen (secondary N) is 4. The standard InChI is InChI=1S/C13H15N5O3/c1-8-7-14-3-2-9(8)15-4-5-16-12(20)10-6-11(19)18-13(21)17-10/h2-3,6-7H,4-5H2,1H3,(H,14,15)(H,16,20)(H2,17,18,19,21).